The zero-order chi connectivity index (χ0) is 13.9. The highest BCUT2D eigenvalue weighted by atomic mass is 16.1. The predicted molar refractivity (Wildman–Crippen MR) is 77.8 cm³/mol. The molecular formula is C15H29N3O. The second-order valence-corrected chi connectivity index (χ2v) is 6.25. The number of rotatable bonds is 10. The van der Waals surface area contributed by atoms with Gasteiger partial charge < -0.3 is 10.6 Å². The van der Waals surface area contributed by atoms with Crippen LogP contribution in [0.25, 0.3) is 0 Å². The first-order valence-corrected chi connectivity index (χ1v) is 7.92. The van der Waals surface area contributed by atoms with E-state index in [0.717, 1.165) is 32.5 Å². The Morgan fingerprint density at radius 1 is 1.32 bits per heavy atom. The van der Waals surface area contributed by atoms with E-state index in [0.29, 0.717) is 12.0 Å². The molecule has 0 aromatic carbocycles. The van der Waals surface area contributed by atoms with Crippen LogP contribution < -0.4 is 11.1 Å². The summed E-state index contributed by atoms with van der Waals surface area (Å²) in [5.74, 6) is 0.318. The van der Waals surface area contributed by atoms with Gasteiger partial charge in [-0.05, 0) is 51.1 Å². The van der Waals surface area contributed by atoms with Gasteiger partial charge in [0.25, 0.3) is 0 Å². The van der Waals surface area contributed by atoms with Gasteiger partial charge in [-0.1, -0.05) is 20.3 Å². The van der Waals surface area contributed by atoms with Gasteiger partial charge in [0, 0.05) is 12.6 Å². The molecule has 1 atom stereocenters. The highest BCUT2D eigenvalue weighted by Crippen LogP contribution is 2.42. The van der Waals surface area contributed by atoms with Gasteiger partial charge >= 0.3 is 0 Å². The number of carbonyl (C=O) groups excluding carboxylic acids is 1. The van der Waals surface area contributed by atoms with Gasteiger partial charge in [-0.2, -0.15) is 0 Å². The minimum Gasteiger partial charge on any atom is -0.368 e. The predicted octanol–water partition coefficient (Wildman–Crippen LogP) is 1.49. The summed E-state index contributed by atoms with van der Waals surface area (Å²) in [4.78, 5) is 14.5. The molecule has 0 heterocycles. The molecule has 0 spiro atoms. The number of nitrogens with zero attached hydrogens (tertiary/aromatic N) is 1. The Balaban J connectivity index is 2.04. The van der Waals surface area contributed by atoms with Crippen molar-refractivity contribution in [3.63, 3.8) is 0 Å². The normalized spacial score (nSPS) is 22.5. The first-order chi connectivity index (χ1) is 9.12. The van der Waals surface area contributed by atoms with Gasteiger partial charge in [-0.25, -0.2) is 0 Å². The molecule has 3 N–H and O–H groups in total. The molecule has 0 bridgehead atoms. The van der Waals surface area contributed by atoms with E-state index >= 15 is 0 Å². The van der Waals surface area contributed by atoms with Crippen molar-refractivity contribution in [3.8, 4) is 0 Å². The van der Waals surface area contributed by atoms with Crippen molar-refractivity contribution in [2.45, 2.75) is 64.0 Å². The summed E-state index contributed by atoms with van der Waals surface area (Å²) in [6.07, 6.45) is 7.07. The van der Waals surface area contributed by atoms with Crippen molar-refractivity contribution in [2.75, 3.05) is 19.6 Å². The number of unbranched alkanes of at least 4 members (excludes halogenated alkanes) is 1. The van der Waals surface area contributed by atoms with Crippen LogP contribution in [0.4, 0.5) is 0 Å². The zero-order valence-corrected chi connectivity index (χ0v) is 12.5. The SMILES string of the molecule is CCCCN(CC)CC(NC1CC1)(C(N)=O)C1CC1. The molecule has 1 amide bonds. The van der Waals surface area contributed by atoms with Gasteiger partial charge in [-0.15, -0.1) is 0 Å². The molecule has 2 aliphatic carbocycles. The molecular weight excluding hydrogens is 238 g/mol. The van der Waals surface area contributed by atoms with Crippen LogP contribution in [0.2, 0.25) is 0 Å². The maximum atomic E-state index is 12.1. The van der Waals surface area contributed by atoms with Crippen LogP contribution in [0.1, 0.15) is 52.4 Å². The first-order valence-electron chi connectivity index (χ1n) is 7.92. The fourth-order valence-electron chi connectivity index (χ4n) is 2.89. The highest BCUT2D eigenvalue weighted by molar-refractivity contribution is 5.86. The van der Waals surface area contributed by atoms with Crippen molar-refractivity contribution < 1.29 is 4.79 Å². The minimum absolute atomic E-state index is 0.142. The Bertz CT molecular complexity index is 313. The van der Waals surface area contributed by atoms with E-state index in [9.17, 15) is 4.79 Å². The number of likely N-dealkylation sites (N-methyl/N-ethyl adjacent to an activating group) is 1. The first kappa shape index (κ1) is 14.8. The van der Waals surface area contributed by atoms with E-state index in [1.807, 2.05) is 0 Å². The van der Waals surface area contributed by atoms with Crippen molar-refractivity contribution in [1.29, 1.82) is 0 Å². The molecule has 0 aliphatic heterocycles. The lowest BCUT2D eigenvalue weighted by Crippen LogP contribution is -2.64. The van der Waals surface area contributed by atoms with Gasteiger partial charge in [0.15, 0.2) is 0 Å². The monoisotopic (exact) mass is 267 g/mol. The quantitative estimate of drug-likeness (QED) is 0.630. The number of nitrogens with one attached hydrogen (secondary N) is 1. The molecule has 0 aromatic rings. The second kappa shape index (κ2) is 6.23. The number of hydrogen-bond donors (Lipinski definition) is 2. The summed E-state index contributed by atoms with van der Waals surface area (Å²) in [5.41, 5.74) is 5.32. The van der Waals surface area contributed by atoms with Crippen molar-refractivity contribution >= 4 is 5.91 Å². The zero-order valence-electron chi connectivity index (χ0n) is 12.5. The van der Waals surface area contributed by atoms with Crippen LogP contribution in [0.3, 0.4) is 0 Å². The third-order valence-electron chi connectivity index (χ3n) is 4.50. The number of amides is 1. The molecule has 0 radical (unpaired) electrons. The van der Waals surface area contributed by atoms with Crippen LogP contribution in [-0.4, -0.2) is 42.0 Å². The molecule has 2 rings (SSSR count). The lowest BCUT2D eigenvalue weighted by Gasteiger charge is -2.37. The highest BCUT2D eigenvalue weighted by Gasteiger charge is 2.52. The Morgan fingerprint density at radius 2 is 2.00 bits per heavy atom. The van der Waals surface area contributed by atoms with Crippen molar-refractivity contribution in [1.82, 2.24) is 10.2 Å². The van der Waals surface area contributed by atoms with Gasteiger partial charge in [0.2, 0.25) is 5.91 Å². The number of hydrogen-bond acceptors (Lipinski definition) is 3. The number of carbonyl (C=O) groups is 1. The lowest BCUT2D eigenvalue weighted by molar-refractivity contribution is -0.126. The number of primary amides is 1. The van der Waals surface area contributed by atoms with Crippen LogP contribution in [0.5, 0.6) is 0 Å². The van der Waals surface area contributed by atoms with E-state index in [2.05, 4.69) is 24.1 Å². The molecule has 19 heavy (non-hydrogen) atoms. The smallest absolute Gasteiger partial charge is 0.239 e. The van der Waals surface area contributed by atoms with E-state index in [1.54, 1.807) is 0 Å². The van der Waals surface area contributed by atoms with Crippen molar-refractivity contribution in [3.05, 3.63) is 0 Å². The summed E-state index contributed by atoms with van der Waals surface area (Å²) in [7, 11) is 0. The molecule has 110 valence electrons. The third kappa shape index (κ3) is 3.69. The maximum absolute atomic E-state index is 12.1. The standard InChI is InChI=1S/C15H29N3O/c1-3-5-10-18(4-2)11-15(14(16)19,12-6-7-12)17-13-8-9-13/h12-13,17H,3-11H2,1-2H3,(H2,16,19). The molecule has 2 saturated carbocycles. The Kier molecular flexibility index (Phi) is 4.85. The summed E-state index contributed by atoms with van der Waals surface area (Å²) in [5, 5.41) is 3.59. The Hall–Kier alpha value is -0.610. The molecule has 0 aromatic heterocycles. The summed E-state index contributed by atoms with van der Waals surface area (Å²) >= 11 is 0. The fourth-order valence-corrected chi connectivity index (χ4v) is 2.89. The number of nitrogens with two attached hydrogens (primary N) is 1. The largest absolute Gasteiger partial charge is 0.368 e. The molecule has 4 nitrogen and oxygen atoms in total. The average Bonchev–Trinajstić information content (AvgIpc) is 3.25. The van der Waals surface area contributed by atoms with Crippen LogP contribution in [-0.2, 0) is 4.79 Å². The Labute approximate surface area is 117 Å². The summed E-state index contributed by atoms with van der Waals surface area (Å²) in [6.45, 7) is 7.24. The maximum Gasteiger partial charge on any atom is 0.239 e. The molecule has 0 saturated heterocycles. The molecule has 2 fully saturated rings. The topological polar surface area (TPSA) is 58.4 Å². The van der Waals surface area contributed by atoms with Gasteiger partial charge in [0.05, 0.1) is 0 Å². The average molecular weight is 267 g/mol. The third-order valence-corrected chi connectivity index (χ3v) is 4.50. The van der Waals surface area contributed by atoms with Crippen molar-refractivity contribution in [2.24, 2.45) is 11.7 Å². The molecule has 1 unspecified atom stereocenters. The summed E-state index contributed by atoms with van der Waals surface area (Å²) in [6, 6.07) is 0.526. The lowest BCUT2D eigenvalue weighted by atomic mass is 9.90. The van der Waals surface area contributed by atoms with E-state index in [4.69, 9.17) is 5.73 Å². The minimum atomic E-state index is -0.467. The molecule has 2 aliphatic rings. The van der Waals surface area contributed by atoms with Crippen LogP contribution >= 0.6 is 0 Å². The van der Waals surface area contributed by atoms with Gasteiger partial charge in [-0.3, -0.25) is 10.1 Å². The van der Waals surface area contributed by atoms with Gasteiger partial charge in [0.1, 0.15) is 5.54 Å². The molecule has 4 heteroatoms. The fraction of sp³-hybridized carbons (Fsp3) is 0.933. The van der Waals surface area contributed by atoms with E-state index in [1.165, 1.54) is 25.7 Å². The second-order valence-electron chi connectivity index (χ2n) is 6.25. The van der Waals surface area contributed by atoms with E-state index in [-0.39, 0.29) is 5.91 Å². The Morgan fingerprint density at radius 3 is 2.42 bits per heavy atom. The van der Waals surface area contributed by atoms with Crippen LogP contribution in [0, 0.1) is 5.92 Å². The van der Waals surface area contributed by atoms with E-state index < -0.39 is 5.54 Å². The van der Waals surface area contributed by atoms with Crippen LogP contribution in [0.15, 0.2) is 0 Å². The summed E-state index contributed by atoms with van der Waals surface area (Å²) < 4.78 is 0.